The van der Waals surface area contributed by atoms with Crippen molar-refractivity contribution in [2.24, 2.45) is 5.92 Å². The number of para-hydroxylation sites is 1. The van der Waals surface area contributed by atoms with Crippen LogP contribution < -0.4 is 0 Å². The highest BCUT2D eigenvalue weighted by molar-refractivity contribution is 5.98. The van der Waals surface area contributed by atoms with Crippen molar-refractivity contribution in [2.45, 2.75) is 32.6 Å². The summed E-state index contributed by atoms with van der Waals surface area (Å²) in [5.74, 6) is 1.42. The molecule has 0 amide bonds. The predicted octanol–water partition coefficient (Wildman–Crippen LogP) is 4.13. The molecular formula is C18H23NO2. The number of rotatable bonds is 4. The number of benzene rings is 1. The summed E-state index contributed by atoms with van der Waals surface area (Å²) in [7, 11) is 0. The van der Waals surface area contributed by atoms with Crippen molar-refractivity contribution in [3.63, 3.8) is 0 Å². The van der Waals surface area contributed by atoms with Gasteiger partial charge in [-0.2, -0.15) is 0 Å². The average molecular weight is 285 g/mol. The van der Waals surface area contributed by atoms with Gasteiger partial charge in [-0.3, -0.25) is 9.69 Å². The van der Waals surface area contributed by atoms with E-state index in [2.05, 4.69) is 11.8 Å². The molecule has 21 heavy (non-hydrogen) atoms. The Labute approximate surface area is 125 Å². The highest BCUT2D eigenvalue weighted by Gasteiger charge is 2.20. The SMILES string of the molecule is CCC1CCCN(CC(=O)c2cc3ccccc3o2)CC1. The van der Waals surface area contributed by atoms with Gasteiger partial charge in [-0.1, -0.05) is 31.5 Å². The summed E-state index contributed by atoms with van der Waals surface area (Å²) in [4.78, 5) is 14.7. The molecule has 3 nitrogen and oxygen atoms in total. The number of fused-ring (bicyclic) bond motifs is 1. The number of carbonyl (C=O) groups is 1. The van der Waals surface area contributed by atoms with Crippen LogP contribution in [0.3, 0.4) is 0 Å². The van der Waals surface area contributed by atoms with E-state index in [0.29, 0.717) is 12.3 Å². The van der Waals surface area contributed by atoms with Crippen LogP contribution in [0.5, 0.6) is 0 Å². The van der Waals surface area contributed by atoms with E-state index in [1.807, 2.05) is 30.3 Å². The molecule has 3 rings (SSSR count). The first kappa shape index (κ1) is 14.3. The fourth-order valence-electron chi connectivity index (χ4n) is 3.19. The number of likely N-dealkylation sites (tertiary alicyclic amines) is 1. The standard InChI is InChI=1S/C18H23NO2/c1-2-14-6-5-10-19(11-9-14)13-16(20)18-12-15-7-3-4-8-17(15)21-18/h3-4,7-8,12,14H,2,5-6,9-11,13H2,1H3. The number of carbonyl (C=O) groups excluding carboxylic acids is 1. The van der Waals surface area contributed by atoms with Gasteiger partial charge in [-0.25, -0.2) is 0 Å². The molecule has 1 aromatic carbocycles. The van der Waals surface area contributed by atoms with Crippen LogP contribution in [0, 0.1) is 5.92 Å². The molecule has 1 atom stereocenters. The molecule has 1 aliphatic rings. The fraction of sp³-hybridized carbons (Fsp3) is 0.500. The summed E-state index contributed by atoms with van der Waals surface area (Å²) in [6.07, 6.45) is 4.97. The van der Waals surface area contributed by atoms with Gasteiger partial charge in [0, 0.05) is 5.39 Å². The van der Waals surface area contributed by atoms with Gasteiger partial charge < -0.3 is 4.42 Å². The first-order valence-corrected chi connectivity index (χ1v) is 8.00. The lowest BCUT2D eigenvalue weighted by Crippen LogP contribution is -2.30. The Bertz CT molecular complexity index is 583. The van der Waals surface area contributed by atoms with E-state index in [1.54, 1.807) is 0 Å². The van der Waals surface area contributed by atoms with Crippen molar-refractivity contribution in [2.75, 3.05) is 19.6 Å². The van der Waals surface area contributed by atoms with Crippen LogP contribution in [0.2, 0.25) is 0 Å². The monoisotopic (exact) mass is 285 g/mol. The topological polar surface area (TPSA) is 33.5 Å². The smallest absolute Gasteiger partial charge is 0.211 e. The maximum atomic E-state index is 12.4. The van der Waals surface area contributed by atoms with Crippen LogP contribution in [0.15, 0.2) is 34.7 Å². The summed E-state index contributed by atoms with van der Waals surface area (Å²) in [5, 5.41) is 1.00. The molecule has 1 fully saturated rings. The quantitative estimate of drug-likeness (QED) is 0.792. The van der Waals surface area contributed by atoms with Gasteiger partial charge in [0.1, 0.15) is 5.58 Å². The minimum Gasteiger partial charge on any atom is -0.453 e. The molecular weight excluding hydrogens is 262 g/mol. The lowest BCUT2D eigenvalue weighted by molar-refractivity contribution is 0.0907. The molecule has 1 unspecified atom stereocenters. The Kier molecular flexibility index (Phi) is 4.39. The average Bonchev–Trinajstić information content (AvgIpc) is 2.81. The lowest BCUT2D eigenvalue weighted by Gasteiger charge is -2.18. The molecule has 0 aliphatic carbocycles. The van der Waals surface area contributed by atoms with Gasteiger partial charge in [-0.05, 0) is 50.4 Å². The second-order valence-corrected chi connectivity index (χ2v) is 6.05. The Hall–Kier alpha value is -1.61. The molecule has 0 radical (unpaired) electrons. The van der Waals surface area contributed by atoms with Crippen molar-refractivity contribution >= 4 is 16.8 Å². The summed E-state index contributed by atoms with van der Waals surface area (Å²) < 4.78 is 5.67. The minimum absolute atomic E-state index is 0.0983. The van der Waals surface area contributed by atoms with E-state index in [4.69, 9.17) is 4.42 Å². The van der Waals surface area contributed by atoms with Crippen molar-refractivity contribution in [3.8, 4) is 0 Å². The van der Waals surface area contributed by atoms with E-state index in [9.17, 15) is 4.79 Å². The van der Waals surface area contributed by atoms with Crippen LogP contribution >= 0.6 is 0 Å². The minimum atomic E-state index is 0.0983. The number of furan rings is 1. The summed E-state index contributed by atoms with van der Waals surface area (Å²) >= 11 is 0. The largest absolute Gasteiger partial charge is 0.453 e. The number of Topliss-reactive ketones (excluding diaryl/α,β-unsaturated/α-hetero) is 1. The van der Waals surface area contributed by atoms with Crippen molar-refractivity contribution in [1.29, 1.82) is 0 Å². The van der Waals surface area contributed by atoms with E-state index in [0.717, 1.165) is 30.0 Å². The molecule has 1 aromatic heterocycles. The highest BCUT2D eigenvalue weighted by atomic mass is 16.3. The lowest BCUT2D eigenvalue weighted by atomic mass is 9.98. The first-order chi connectivity index (χ1) is 10.3. The van der Waals surface area contributed by atoms with Crippen LogP contribution in [0.4, 0.5) is 0 Å². The van der Waals surface area contributed by atoms with Crippen LogP contribution in [0.25, 0.3) is 11.0 Å². The van der Waals surface area contributed by atoms with Crippen LogP contribution in [-0.2, 0) is 0 Å². The first-order valence-electron chi connectivity index (χ1n) is 8.00. The maximum absolute atomic E-state index is 12.4. The summed E-state index contributed by atoms with van der Waals surface area (Å²) in [6, 6.07) is 9.65. The highest BCUT2D eigenvalue weighted by Crippen LogP contribution is 2.22. The molecule has 0 bridgehead atoms. The van der Waals surface area contributed by atoms with Gasteiger partial charge in [0.2, 0.25) is 5.78 Å². The molecule has 0 spiro atoms. The number of ketones is 1. The summed E-state index contributed by atoms with van der Waals surface area (Å²) in [6.45, 7) is 4.81. The molecule has 2 heterocycles. The van der Waals surface area contributed by atoms with Gasteiger partial charge in [0.05, 0.1) is 6.54 Å². The Balaban J connectivity index is 1.65. The van der Waals surface area contributed by atoms with Crippen molar-refractivity contribution in [1.82, 2.24) is 4.90 Å². The molecule has 112 valence electrons. The van der Waals surface area contributed by atoms with E-state index >= 15 is 0 Å². The molecule has 1 aliphatic heterocycles. The second kappa shape index (κ2) is 6.44. The number of nitrogens with zero attached hydrogens (tertiary/aromatic N) is 1. The molecule has 2 aromatic rings. The van der Waals surface area contributed by atoms with E-state index in [1.165, 1.54) is 25.7 Å². The zero-order valence-corrected chi connectivity index (χ0v) is 12.7. The predicted molar refractivity (Wildman–Crippen MR) is 84.6 cm³/mol. The summed E-state index contributed by atoms with van der Waals surface area (Å²) in [5.41, 5.74) is 0.794. The molecule has 0 saturated carbocycles. The number of hydrogen-bond donors (Lipinski definition) is 0. The Morgan fingerprint density at radius 1 is 1.29 bits per heavy atom. The van der Waals surface area contributed by atoms with E-state index in [-0.39, 0.29) is 5.78 Å². The third-order valence-corrected chi connectivity index (χ3v) is 4.59. The van der Waals surface area contributed by atoms with Crippen molar-refractivity contribution in [3.05, 3.63) is 36.1 Å². The fourth-order valence-corrected chi connectivity index (χ4v) is 3.19. The van der Waals surface area contributed by atoms with E-state index < -0.39 is 0 Å². The zero-order chi connectivity index (χ0) is 14.7. The van der Waals surface area contributed by atoms with Crippen molar-refractivity contribution < 1.29 is 9.21 Å². The van der Waals surface area contributed by atoms with Crippen LogP contribution in [0.1, 0.15) is 43.2 Å². The molecule has 3 heteroatoms. The maximum Gasteiger partial charge on any atom is 0.211 e. The van der Waals surface area contributed by atoms with Gasteiger partial charge in [0.25, 0.3) is 0 Å². The molecule has 1 saturated heterocycles. The third-order valence-electron chi connectivity index (χ3n) is 4.59. The number of hydrogen-bond acceptors (Lipinski definition) is 3. The third kappa shape index (κ3) is 3.35. The van der Waals surface area contributed by atoms with Gasteiger partial charge >= 0.3 is 0 Å². The molecule has 0 N–H and O–H groups in total. The normalized spacial score (nSPS) is 20.5. The second-order valence-electron chi connectivity index (χ2n) is 6.05. The Morgan fingerprint density at radius 2 is 2.14 bits per heavy atom. The zero-order valence-electron chi connectivity index (χ0n) is 12.7. The Morgan fingerprint density at radius 3 is 2.95 bits per heavy atom. The van der Waals surface area contributed by atoms with Gasteiger partial charge in [-0.15, -0.1) is 0 Å². The van der Waals surface area contributed by atoms with Crippen LogP contribution in [-0.4, -0.2) is 30.3 Å². The van der Waals surface area contributed by atoms with Gasteiger partial charge in [0.15, 0.2) is 5.76 Å².